The number of hydrogen-bond acceptors (Lipinski definition) is 4. The number of anilines is 1. The summed E-state index contributed by atoms with van der Waals surface area (Å²) in [5, 5.41) is 0. The van der Waals surface area contributed by atoms with Gasteiger partial charge in [0.2, 0.25) is 10.0 Å². The van der Waals surface area contributed by atoms with Crippen molar-refractivity contribution in [1.29, 1.82) is 0 Å². The lowest BCUT2D eigenvalue weighted by molar-refractivity contribution is 0.501. The summed E-state index contributed by atoms with van der Waals surface area (Å²) >= 11 is 0. The third-order valence-corrected chi connectivity index (χ3v) is 4.72. The van der Waals surface area contributed by atoms with Crippen molar-refractivity contribution in [3.8, 4) is 0 Å². The minimum Gasteiger partial charge on any atom is -0.384 e. The minimum absolute atomic E-state index is 0.112. The summed E-state index contributed by atoms with van der Waals surface area (Å²) in [5.74, 6) is 0.290. The second kappa shape index (κ2) is 5.83. The molecule has 6 heteroatoms. The molecule has 0 aliphatic carbocycles. The molecule has 1 heterocycles. The molecule has 0 bridgehead atoms. The van der Waals surface area contributed by atoms with E-state index in [1.807, 2.05) is 44.2 Å². The Morgan fingerprint density at radius 1 is 1.14 bits per heavy atom. The highest BCUT2D eigenvalue weighted by molar-refractivity contribution is 7.89. The third kappa shape index (κ3) is 3.80. The Balaban J connectivity index is 2.13. The van der Waals surface area contributed by atoms with Gasteiger partial charge in [0.1, 0.15) is 10.7 Å². The molecule has 5 nitrogen and oxygen atoms in total. The van der Waals surface area contributed by atoms with Gasteiger partial charge in [-0.3, -0.25) is 0 Å². The van der Waals surface area contributed by atoms with Gasteiger partial charge in [-0.05, 0) is 17.7 Å². The molecule has 0 saturated heterocycles. The first kappa shape index (κ1) is 15.5. The van der Waals surface area contributed by atoms with Crippen LogP contribution in [-0.2, 0) is 15.4 Å². The predicted octanol–water partition coefficient (Wildman–Crippen LogP) is 1.92. The second-order valence-corrected chi connectivity index (χ2v) is 7.26. The summed E-state index contributed by atoms with van der Waals surface area (Å²) < 4.78 is 27.1. The first-order valence-electron chi connectivity index (χ1n) is 6.58. The normalized spacial score (nSPS) is 12.3. The van der Waals surface area contributed by atoms with E-state index in [4.69, 9.17) is 5.73 Å². The van der Waals surface area contributed by atoms with Crippen LogP contribution in [0.3, 0.4) is 0 Å². The Morgan fingerprint density at radius 2 is 1.81 bits per heavy atom. The molecule has 0 atom stereocenters. The van der Waals surface area contributed by atoms with Crippen molar-refractivity contribution in [2.24, 2.45) is 0 Å². The zero-order chi connectivity index (χ0) is 15.5. The molecule has 112 valence electrons. The Morgan fingerprint density at radius 3 is 2.38 bits per heavy atom. The van der Waals surface area contributed by atoms with Gasteiger partial charge in [0, 0.05) is 18.2 Å². The fourth-order valence-corrected chi connectivity index (χ4v) is 3.06. The van der Waals surface area contributed by atoms with Gasteiger partial charge < -0.3 is 5.73 Å². The number of nitrogen functional groups attached to an aromatic ring is 1. The molecular formula is C15H19N3O2S. The van der Waals surface area contributed by atoms with Crippen LogP contribution in [0.4, 0.5) is 5.82 Å². The van der Waals surface area contributed by atoms with Crippen LogP contribution in [0.1, 0.15) is 19.4 Å². The quantitative estimate of drug-likeness (QED) is 0.884. The summed E-state index contributed by atoms with van der Waals surface area (Å²) in [6.45, 7) is 4.28. The lowest BCUT2D eigenvalue weighted by atomic mass is 9.85. The Kier molecular flexibility index (Phi) is 4.29. The summed E-state index contributed by atoms with van der Waals surface area (Å²) in [6.07, 6.45) is 1.26. The van der Waals surface area contributed by atoms with Gasteiger partial charge in [0.05, 0.1) is 0 Å². The molecule has 1 aromatic heterocycles. The zero-order valence-electron chi connectivity index (χ0n) is 12.1. The van der Waals surface area contributed by atoms with Gasteiger partial charge >= 0.3 is 0 Å². The number of pyridine rings is 1. The molecule has 0 spiro atoms. The van der Waals surface area contributed by atoms with Crippen molar-refractivity contribution in [1.82, 2.24) is 9.71 Å². The highest BCUT2D eigenvalue weighted by Crippen LogP contribution is 2.22. The molecule has 0 saturated carbocycles. The molecule has 0 radical (unpaired) electrons. The Hall–Kier alpha value is -1.92. The van der Waals surface area contributed by atoms with Crippen LogP contribution in [-0.4, -0.2) is 19.9 Å². The van der Waals surface area contributed by atoms with Crippen molar-refractivity contribution in [3.63, 3.8) is 0 Å². The zero-order valence-corrected chi connectivity index (χ0v) is 12.9. The lowest BCUT2D eigenvalue weighted by Gasteiger charge is -2.25. The number of hydrogen-bond donors (Lipinski definition) is 2. The van der Waals surface area contributed by atoms with Crippen LogP contribution in [0.15, 0.2) is 53.6 Å². The van der Waals surface area contributed by atoms with E-state index in [1.165, 1.54) is 18.3 Å². The summed E-state index contributed by atoms with van der Waals surface area (Å²) in [5.41, 5.74) is 6.23. The summed E-state index contributed by atoms with van der Waals surface area (Å²) in [4.78, 5) is 3.92. The van der Waals surface area contributed by atoms with Gasteiger partial charge in [0.15, 0.2) is 0 Å². The average molecular weight is 305 g/mol. The molecule has 0 aliphatic heterocycles. The second-order valence-electron chi connectivity index (χ2n) is 5.49. The molecule has 0 amide bonds. The van der Waals surface area contributed by atoms with Gasteiger partial charge in [-0.2, -0.15) is 0 Å². The fraction of sp³-hybridized carbons (Fsp3) is 0.267. The number of rotatable bonds is 5. The number of nitrogens with two attached hydrogens (primary N) is 1. The van der Waals surface area contributed by atoms with Crippen LogP contribution in [0.2, 0.25) is 0 Å². The SMILES string of the molecule is CC(C)(CNS(=O)(=O)c1ccc(N)nc1)c1ccccc1. The van der Waals surface area contributed by atoms with Crippen molar-refractivity contribution in [3.05, 3.63) is 54.2 Å². The largest absolute Gasteiger partial charge is 0.384 e. The van der Waals surface area contributed by atoms with Crippen LogP contribution in [0.25, 0.3) is 0 Å². The van der Waals surface area contributed by atoms with E-state index in [0.29, 0.717) is 12.4 Å². The van der Waals surface area contributed by atoms with Gasteiger partial charge in [-0.15, -0.1) is 0 Å². The summed E-state index contributed by atoms with van der Waals surface area (Å²) in [6, 6.07) is 12.7. The molecular weight excluding hydrogens is 286 g/mol. The van der Waals surface area contributed by atoms with E-state index in [1.54, 1.807) is 0 Å². The van der Waals surface area contributed by atoms with Crippen molar-refractivity contribution in [2.45, 2.75) is 24.2 Å². The smallest absolute Gasteiger partial charge is 0.242 e. The van der Waals surface area contributed by atoms with Crippen molar-refractivity contribution >= 4 is 15.8 Å². The molecule has 1 aromatic carbocycles. The van der Waals surface area contributed by atoms with Gasteiger partial charge in [-0.25, -0.2) is 18.1 Å². The van der Waals surface area contributed by atoms with Gasteiger partial charge in [0.25, 0.3) is 0 Å². The van der Waals surface area contributed by atoms with E-state index in [-0.39, 0.29) is 10.3 Å². The number of nitrogens with zero attached hydrogens (tertiary/aromatic N) is 1. The van der Waals surface area contributed by atoms with E-state index in [9.17, 15) is 8.42 Å². The molecule has 21 heavy (non-hydrogen) atoms. The van der Waals surface area contributed by atoms with Crippen LogP contribution in [0.5, 0.6) is 0 Å². The molecule has 0 unspecified atom stereocenters. The van der Waals surface area contributed by atoms with E-state index in [0.717, 1.165) is 5.56 Å². The molecule has 0 fully saturated rings. The average Bonchev–Trinajstić information content (AvgIpc) is 2.47. The number of nitrogens with one attached hydrogen (secondary N) is 1. The predicted molar refractivity (Wildman–Crippen MR) is 83.3 cm³/mol. The third-order valence-electron chi connectivity index (χ3n) is 3.33. The molecule has 0 aliphatic rings. The molecule has 2 rings (SSSR count). The standard InChI is InChI=1S/C15H19N3O2S/c1-15(2,12-6-4-3-5-7-12)11-18-21(19,20)13-8-9-14(16)17-10-13/h3-10,18H,11H2,1-2H3,(H2,16,17). The Bertz CT molecular complexity index is 695. The lowest BCUT2D eigenvalue weighted by Crippen LogP contribution is -2.36. The maximum absolute atomic E-state index is 12.2. The maximum Gasteiger partial charge on any atom is 0.242 e. The number of sulfonamides is 1. The highest BCUT2D eigenvalue weighted by Gasteiger charge is 2.24. The van der Waals surface area contributed by atoms with Crippen molar-refractivity contribution in [2.75, 3.05) is 12.3 Å². The van der Waals surface area contributed by atoms with E-state index >= 15 is 0 Å². The van der Waals surface area contributed by atoms with Crippen LogP contribution < -0.4 is 10.5 Å². The monoisotopic (exact) mass is 305 g/mol. The maximum atomic E-state index is 12.2. The van der Waals surface area contributed by atoms with Crippen LogP contribution in [0, 0.1) is 0 Å². The number of benzene rings is 1. The number of aromatic nitrogens is 1. The van der Waals surface area contributed by atoms with Crippen molar-refractivity contribution < 1.29 is 8.42 Å². The van der Waals surface area contributed by atoms with Gasteiger partial charge in [-0.1, -0.05) is 44.2 Å². The highest BCUT2D eigenvalue weighted by atomic mass is 32.2. The topological polar surface area (TPSA) is 85.1 Å². The first-order valence-corrected chi connectivity index (χ1v) is 8.06. The minimum atomic E-state index is -3.59. The van der Waals surface area contributed by atoms with E-state index in [2.05, 4.69) is 9.71 Å². The van der Waals surface area contributed by atoms with Crippen LogP contribution >= 0.6 is 0 Å². The van der Waals surface area contributed by atoms with E-state index < -0.39 is 10.0 Å². The first-order chi connectivity index (χ1) is 9.81. The molecule has 2 aromatic rings. The fourth-order valence-electron chi connectivity index (χ4n) is 1.90. The Labute approximate surface area is 125 Å². The molecule has 3 N–H and O–H groups in total. The summed E-state index contributed by atoms with van der Waals surface area (Å²) in [7, 11) is -3.59.